The van der Waals surface area contributed by atoms with Crippen LogP contribution in [-0.2, 0) is 10.0 Å². The van der Waals surface area contributed by atoms with E-state index in [4.69, 9.17) is 11.6 Å². The highest BCUT2D eigenvalue weighted by Crippen LogP contribution is 2.30. The quantitative estimate of drug-likeness (QED) is 0.846. The van der Waals surface area contributed by atoms with Crippen LogP contribution in [0, 0.1) is 11.6 Å². The van der Waals surface area contributed by atoms with E-state index in [0.29, 0.717) is 18.7 Å². The van der Waals surface area contributed by atoms with E-state index in [9.17, 15) is 17.2 Å². The minimum atomic E-state index is -3.97. The predicted octanol–water partition coefficient (Wildman–Crippen LogP) is 3.38. The second-order valence-corrected chi connectivity index (χ2v) is 7.82. The number of benzene rings is 2. The molecule has 1 aliphatic heterocycles. The molecule has 3 rings (SSSR count). The van der Waals surface area contributed by atoms with Crippen LogP contribution in [-0.4, -0.2) is 32.4 Å². The van der Waals surface area contributed by atoms with E-state index in [1.165, 1.54) is 28.6 Å². The summed E-state index contributed by atoms with van der Waals surface area (Å²) in [6.07, 6.45) is 0. The van der Waals surface area contributed by atoms with Gasteiger partial charge in [0.05, 0.1) is 10.9 Å². The average molecular weight is 409 g/mol. The van der Waals surface area contributed by atoms with Crippen molar-refractivity contribution < 1.29 is 17.2 Å². The van der Waals surface area contributed by atoms with E-state index in [-0.39, 0.29) is 28.9 Å². The normalized spacial score (nSPS) is 18.6. The summed E-state index contributed by atoms with van der Waals surface area (Å²) >= 11 is 5.78. The first-order valence-electron chi connectivity index (χ1n) is 7.32. The molecule has 9 heteroatoms. The lowest BCUT2D eigenvalue weighted by atomic mass is 10.1. The van der Waals surface area contributed by atoms with Crippen LogP contribution in [0.5, 0.6) is 0 Å². The molecule has 0 saturated carbocycles. The van der Waals surface area contributed by atoms with Crippen molar-refractivity contribution in [1.29, 1.82) is 0 Å². The van der Waals surface area contributed by atoms with Gasteiger partial charge in [-0.15, -0.1) is 12.4 Å². The highest BCUT2D eigenvalue weighted by Gasteiger charge is 2.35. The van der Waals surface area contributed by atoms with E-state index in [0.717, 1.165) is 12.1 Å². The maximum absolute atomic E-state index is 13.6. The van der Waals surface area contributed by atoms with Gasteiger partial charge in [0.25, 0.3) is 0 Å². The maximum atomic E-state index is 13.6. The van der Waals surface area contributed by atoms with Crippen LogP contribution in [0.3, 0.4) is 0 Å². The summed E-state index contributed by atoms with van der Waals surface area (Å²) in [5, 5.41) is 3.11. The van der Waals surface area contributed by atoms with Gasteiger partial charge in [-0.25, -0.2) is 17.2 Å². The molecule has 1 aliphatic rings. The number of nitrogens with zero attached hydrogens (tertiary/aromatic N) is 1. The van der Waals surface area contributed by atoms with E-state index in [1.807, 2.05) is 0 Å². The first-order chi connectivity index (χ1) is 11.4. The van der Waals surface area contributed by atoms with Crippen molar-refractivity contribution in [3.05, 3.63) is 64.7 Å². The zero-order valence-corrected chi connectivity index (χ0v) is 15.3. The third-order valence-electron chi connectivity index (χ3n) is 3.87. The number of sulfonamides is 1. The van der Waals surface area contributed by atoms with Crippen molar-refractivity contribution in [3.63, 3.8) is 0 Å². The van der Waals surface area contributed by atoms with Crippen molar-refractivity contribution in [2.45, 2.75) is 10.9 Å². The summed E-state index contributed by atoms with van der Waals surface area (Å²) in [4.78, 5) is -0.212. The fourth-order valence-electron chi connectivity index (χ4n) is 2.78. The molecule has 0 bridgehead atoms. The maximum Gasteiger partial charge on any atom is 0.243 e. The SMILES string of the molecule is Cl.O=S(=O)(c1cc(F)cc(Cl)c1)N1CCNCC1c1cccc(F)c1. The smallest absolute Gasteiger partial charge is 0.243 e. The largest absolute Gasteiger partial charge is 0.313 e. The summed E-state index contributed by atoms with van der Waals surface area (Å²) in [5.74, 6) is -1.16. The molecule has 1 atom stereocenters. The lowest BCUT2D eigenvalue weighted by molar-refractivity contribution is 0.271. The van der Waals surface area contributed by atoms with Crippen molar-refractivity contribution in [2.75, 3.05) is 19.6 Å². The van der Waals surface area contributed by atoms with Gasteiger partial charge < -0.3 is 5.32 Å². The minimum Gasteiger partial charge on any atom is -0.313 e. The standard InChI is InChI=1S/C16H15ClF2N2O2S.ClH/c17-12-7-14(19)9-15(8-12)24(22,23)21-5-4-20-10-16(21)11-2-1-3-13(18)6-11;/h1-3,6-9,16,20H,4-5,10H2;1H. The van der Waals surface area contributed by atoms with Crippen molar-refractivity contribution >= 4 is 34.0 Å². The van der Waals surface area contributed by atoms with Gasteiger partial charge in [-0.05, 0) is 35.9 Å². The van der Waals surface area contributed by atoms with Crippen LogP contribution in [0.2, 0.25) is 5.02 Å². The van der Waals surface area contributed by atoms with E-state index in [2.05, 4.69) is 5.32 Å². The summed E-state index contributed by atoms with van der Waals surface area (Å²) in [7, 11) is -3.97. The molecule has 2 aromatic rings. The lowest BCUT2D eigenvalue weighted by Gasteiger charge is -2.35. The van der Waals surface area contributed by atoms with Gasteiger partial charge in [-0.2, -0.15) is 4.31 Å². The van der Waals surface area contributed by atoms with Crippen LogP contribution in [0.15, 0.2) is 47.4 Å². The molecule has 25 heavy (non-hydrogen) atoms. The molecular formula is C16H16Cl2F2N2O2S. The molecule has 0 radical (unpaired) electrons. The average Bonchev–Trinajstić information content (AvgIpc) is 2.54. The number of piperazine rings is 1. The Balaban J connectivity index is 0.00000225. The van der Waals surface area contributed by atoms with Crippen LogP contribution in [0.25, 0.3) is 0 Å². The molecule has 1 heterocycles. The molecule has 0 amide bonds. The number of rotatable bonds is 3. The molecule has 2 aromatic carbocycles. The Labute approximate surface area is 156 Å². The lowest BCUT2D eigenvalue weighted by Crippen LogP contribution is -2.48. The highest BCUT2D eigenvalue weighted by molar-refractivity contribution is 7.89. The Bertz CT molecular complexity index is 845. The molecule has 4 nitrogen and oxygen atoms in total. The van der Waals surface area contributed by atoms with Gasteiger partial charge >= 0.3 is 0 Å². The van der Waals surface area contributed by atoms with Gasteiger partial charge in [0.1, 0.15) is 11.6 Å². The zero-order valence-electron chi connectivity index (χ0n) is 13.0. The van der Waals surface area contributed by atoms with Crippen LogP contribution in [0.4, 0.5) is 8.78 Å². The fraction of sp³-hybridized carbons (Fsp3) is 0.250. The highest BCUT2D eigenvalue weighted by atomic mass is 35.5. The van der Waals surface area contributed by atoms with Gasteiger partial charge in [0, 0.05) is 24.7 Å². The molecule has 1 fully saturated rings. The Morgan fingerprint density at radius 2 is 1.88 bits per heavy atom. The van der Waals surface area contributed by atoms with Gasteiger partial charge in [0.2, 0.25) is 10.0 Å². The van der Waals surface area contributed by atoms with Gasteiger partial charge in [-0.1, -0.05) is 23.7 Å². The third-order valence-corrected chi connectivity index (χ3v) is 5.97. The predicted molar refractivity (Wildman–Crippen MR) is 94.6 cm³/mol. The van der Waals surface area contributed by atoms with Crippen molar-refractivity contribution in [2.24, 2.45) is 0 Å². The van der Waals surface area contributed by atoms with Crippen LogP contribution >= 0.6 is 24.0 Å². The molecule has 136 valence electrons. The van der Waals surface area contributed by atoms with E-state index >= 15 is 0 Å². The van der Waals surface area contributed by atoms with E-state index in [1.54, 1.807) is 6.07 Å². The number of hydrogen-bond donors (Lipinski definition) is 1. The Morgan fingerprint density at radius 3 is 2.56 bits per heavy atom. The molecule has 0 spiro atoms. The Morgan fingerprint density at radius 1 is 1.12 bits per heavy atom. The second-order valence-electron chi connectivity index (χ2n) is 5.50. The Hall–Kier alpha value is -1.25. The van der Waals surface area contributed by atoms with Gasteiger partial charge in [0.15, 0.2) is 0 Å². The Kier molecular flexibility index (Phi) is 6.40. The summed E-state index contributed by atoms with van der Waals surface area (Å²) < 4.78 is 54.2. The molecular weight excluding hydrogens is 393 g/mol. The molecule has 1 N–H and O–H groups in total. The van der Waals surface area contributed by atoms with E-state index < -0.39 is 27.7 Å². The van der Waals surface area contributed by atoms with Crippen molar-refractivity contribution in [3.8, 4) is 0 Å². The topological polar surface area (TPSA) is 49.4 Å². The number of halogens is 4. The van der Waals surface area contributed by atoms with Gasteiger partial charge in [-0.3, -0.25) is 0 Å². The fourth-order valence-corrected chi connectivity index (χ4v) is 4.74. The molecule has 1 saturated heterocycles. The summed E-state index contributed by atoms with van der Waals surface area (Å²) in [6, 6.07) is 8.41. The minimum absolute atomic E-state index is 0. The van der Waals surface area contributed by atoms with Crippen LogP contribution < -0.4 is 5.32 Å². The summed E-state index contributed by atoms with van der Waals surface area (Å²) in [6.45, 7) is 0.984. The van der Waals surface area contributed by atoms with Crippen LogP contribution in [0.1, 0.15) is 11.6 Å². The monoisotopic (exact) mass is 408 g/mol. The number of hydrogen-bond acceptors (Lipinski definition) is 3. The first-order valence-corrected chi connectivity index (χ1v) is 9.14. The molecule has 0 aromatic heterocycles. The first kappa shape index (κ1) is 20.1. The second kappa shape index (κ2) is 7.97. The molecule has 0 aliphatic carbocycles. The van der Waals surface area contributed by atoms with Crippen molar-refractivity contribution in [1.82, 2.24) is 9.62 Å². The third kappa shape index (κ3) is 4.30. The summed E-state index contributed by atoms with van der Waals surface area (Å²) in [5.41, 5.74) is 0.535. The number of nitrogens with one attached hydrogen (secondary N) is 1. The zero-order chi connectivity index (χ0) is 17.3. The molecule has 1 unspecified atom stereocenters.